The van der Waals surface area contributed by atoms with Gasteiger partial charge in [0.1, 0.15) is 0 Å². The minimum absolute atomic E-state index is 0.0840. The highest BCUT2D eigenvalue weighted by Gasteiger charge is 2.31. The quantitative estimate of drug-likeness (QED) is 0.434. The minimum atomic E-state index is -0.361. The van der Waals surface area contributed by atoms with E-state index in [1.165, 1.54) is 11.8 Å². The van der Waals surface area contributed by atoms with Crippen LogP contribution in [0.4, 0.5) is 5.69 Å². The molecule has 0 N–H and O–H groups in total. The summed E-state index contributed by atoms with van der Waals surface area (Å²) in [6.45, 7) is 4.16. The number of ether oxygens (including phenoxy) is 1. The second-order valence-electron chi connectivity index (χ2n) is 7.21. The number of hydrogen-bond acceptors (Lipinski definition) is 5. The molecule has 3 aromatic rings. The van der Waals surface area contributed by atoms with Crippen molar-refractivity contribution in [3.8, 4) is 0 Å². The summed E-state index contributed by atoms with van der Waals surface area (Å²) in [5, 5.41) is 1.71. The SMILES string of the molecule is CCOC(=O)c1ccc(N=C2S/C(=C/c3c(C)n(C)c4ccccc34)C(=O)N2C)cc1. The molecule has 7 heteroatoms. The zero-order valence-electron chi connectivity index (χ0n) is 17.9. The standard InChI is InChI=1S/C24H23N3O3S/c1-5-30-23(29)16-10-12-17(13-11-16)25-24-27(4)22(28)21(31-24)14-19-15(2)26(3)20-9-7-6-8-18(19)20/h6-14H,5H2,1-4H3/b21-14+,25-24?. The molecule has 0 aliphatic carbocycles. The summed E-state index contributed by atoms with van der Waals surface area (Å²) >= 11 is 1.35. The number of carbonyl (C=O) groups is 2. The van der Waals surface area contributed by atoms with Crippen LogP contribution in [0, 0.1) is 6.92 Å². The first-order chi connectivity index (χ1) is 14.9. The lowest BCUT2D eigenvalue weighted by Crippen LogP contribution is -2.23. The van der Waals surface area contributed by atoms with E-state index in [1.807, 2.05) is 25.3 Å². The number of amides is 1. The van der Waals surface area contributed by atoms with Crippen molar-refractivity contribution in [1.82, 2.24) is 9.47 Å². The molecule has 31 heavy (non-hydrogen) atoms. The topological polar surface area (TPSA) is 63.9 Å². The van der Waals surface area contributed by atoms with E-state index in [0.29, 0.717) is 27.9 Å². The van der Waals surface area contributed by atoms with Crippen molar-refractivity contribution >= 4 is 51.5 Å². The Labute approximate surface area is 185 Å². The lowest BCUT2D eigenvalue weighted by Gasteiger charge is -2.07. The van der Waals surface area contributed by atoms with E-state index < -0.39 is 0 Å². The van der Waals surface area contributed by atoms with Crippen molar-refractivity contribution in [3.63, 3.8) is 0 Å². The molecule has 4 rings (SSSR count). The smallest absolute Gasteiger partial charge is 0.338 e. The number of esters is 1. The summed E-state index contributed by atoms with van der Waals surface area (Å²) in [4.78, 5) is 31.5. The van der Waals surface area contributed by atoms with Crippen molar-refractivity contribution < 1.29 is 14.3 Å². The zero-order chi connectivity index (χ0) is 22.1. The van der Waals surface area contributed by atoms with Crippen LogP contribution in [0.15, 0.2) is 58.4 Å². The number of benzene rings is 2. The lowest BCUT2D eigenvalue weighted by atomic mass is 10.1. The van der Waals surface area contributed by atoms with Crippen LogP contribution in [0.2, 0.25) is 0 Å². The van der Waals surface area contributed by atoms with Gasteiger partial charge in [-0.3, -0.25) is 9.69 Å². The molecule has 1 aliphatic rings. The van der Waals surface area contributed by atoms with Gasteiger partial charge in [0, 0.05) is 36.3 Å². The van der Waals surface area contributed by atoms with Gasteiger partial charge in [-0.2, -0.15) is 0 Å². The fourth-order valence-corrected chi connectivity index (χ4v) is 4.48. The van der Waals surface area contributed by atoms with Crippen LogP contribution in [0.3, 0.4) is 0 Å². The van der Waals surface area contributed by atoms with Gasteiger partial charge in [-0.25, -0.2) is 9.79 Å². The third-order valence-electron chi connectivity index (χ3n) is 5.33. The van der Waals surface area contributed by atoms with Gasteiger partial charge in [0.05, 0.1) is 22.8 Å². The Balaban J connectivity index is 1.64. The van der Waals surface area contributed by atoms with Gasteiger partial charge in [-0.1, -0.05) is 18.2 Å². The number of aromatic nitrogens is 1. The summed E-state index contributed by atoms with van der Waals surface area (Å²) in [5.74, 6) is -0.445. The van der Waals surface area contributed by atoms with Crippen LogP contribution in [0.5, 0.6) is 0 Å². The fourth-order valence-electron chi connectivity index (χ4n) is 3.51. The van der Waals surface area contributed by atoms with Gasteiger partial charge in [-0.15, -0.1) is 0 Å². The molecule has 0 radical (unpaired) electrons. The highest BCUT2D eigenvalue weighted by Crippen LogP contribution is 2.35. The largest absolute Gasteiger partial charge is 0.462 e. The Bertz CT molecular complexity index is 1240. The highest BCUT2D eigenvalue weighted by atomic mass is 32.2. The minimum Gasteiger partial charge on any atom is -0.462 e. The number of aryl methyl sites for hydroxylation is 1. The molecule has 0 atom stereocenters. The van der Waals surface area contributed by atoms with E-state index in [2.05, 4.69) is 28.6 Å². The molecule has 0 saturated carbocycles. The number of nitrogens with zero attached hydrogens (tertiary/aromatic N) is 3. The van der Waals surface area contributed by atoms with Gasteiger partial charge < -0.3 is 9.30 Å². The van der Waals surface area contributed by atoms with Crippen molar-refractivity contribution in [2.45, 2.75) is 13.8 Å². The number of hydrogen-bond donors (Lipinski definition) is 0. The third kappa shape index (κ3) is 3.88. The summed E-state index contributed by atoms with van der Waals surface area (Å²) in [5.41, 5.74) is 4.41. The average Bonchev–Trinajstić information content (AvgIpc) is 3.18. The molecular formula is C24H23N3O3S. The molecular weight excluding hydrogens is 410 g/mol. The van der Waals surface area contributed by atoms with Crippen LogP contribution in [0.1, 0.15) is 28.5 Å². The summed E-state index contributed by atoms with van der Waals surface area (Å²) in [6, 6.07) is 15.0. The lowest BCUT2D eigenvalue weighted by molar-refractivity contribution is -0.121. The Kier molecular flexibility index (Phi) is 5.69. The van der Waals surface area contributed by atoms with E-state index in [0.717, 1.165) is 22.2 Å². The highest BCUT2D eigenvalue weighted by molar-refractivity contribution is 8.18. The van der Waals surface area contributed by atoms with E-state index in [-0.39, 0.29) is 11.9 Å². The van der Waals surface area contributed by atoms with Gasteiger partial charge in [0.2, 0.25) is 0 Å². The maximum absolute atomic E-state index is 12.9. The monoisotopic (exact) mass is 433 g/mol. The van der Waals surface area contributed by atoms with E-state index in [1.54, 1.807) is 43.1 Å². The van der Waals surface area contributed by atoms with Gasteiger partial charge in [0.15, 0.2) is 5.17 Å². The second-order valence-corrected chi connectivity index (χ2v) is 8.22. The predicted octanol–water partition coefficient (Wildman–Crippen LogP) is 4.90. The average molecular weight is 434 g/mol. The molecule has 1 aliphatic heterocycles. The molecule has 0 spiro atoms. The third-order valence-corrected chi connectivity index (χ3v) is 6.39. The summed E-state index contributed by atoms with van der Waals surface area (Å²) in [6.07, 6.45) is 1.95. The molecule has 0 unspecified atom stereocenters. The van der Waals surface area contributed by atoms with Gasteiger partial charge in [0.25, 0.3) is 5.91 Å². The van der Waals surface area contributed by atoms with Crippen LogP contribution >= 0.6 is 11.8 Å². The van der Waals surface area contributed by atoms with Crippen LogP contribution in [0.25, 0.3) is 17.0 Å². The molecule has 158 valence electrons. The van der Waals surface area contributed by atoms with Gasteiger partial charge in [-0.05, 0) is 62.0 Å². The van der Waals surface area contributed by atoms with Crippen LogP contribution < -0.4 is 0 Å². The van der Waals surface area contributed by atoms with Crippen molar-refractivity contribution in [2.75, 3.05) is 13.7 Å². The molecule has 2 heterocycles. The van der Waals surface area contributed by atoms with Crippen molar-refractivity contribution in [3.05, 3.63) is 70.3 Å². The first-order valence-electron chi connectivity index (χ1n) is 9.98. The molecule has 6 nitrogen and oxygen atoms in total. The van der Waals surface area contributed by atoms with Crippen molar-refractivity contribution in [1.29, 1.82) is 0 Å². The molecule has 1 saturated heterocycles. The number of carbonyl (C=O) groups excluding carboxylic acids is 2. The number of fused-ring (bicyclic) bond motifs is 1. The fraction of sp³-hybridized carbons (Fsp3) is 0.208. The Morgan fingerprint density at radius 3 is 2.55 bits per heavy atom. The van der Waals surface area contributed by atoms with Crippen LogP contribution in [-0.2, 0) is 16.6 Å². The molecule has 1 fully saturated rings. The second kappa shape index (κ2) is 8.43. The Hall–Kier alpha value is -3.32. The number of aliphatic imine (C=N–C) groups is 1. The number of thioether (sulfide) groups is 1. The first-order valence-corrected chi connectivity index (χ1v) is 10.8. The van der Waals surface area contributed by atoms with Crippen LogP contribution in [-0.4, -0.2) is 40.2 Å². The number of likely N-dealkylation sites (N-methyl/N-ethyl adjacent to an activating group) is 1. The zero-order valence-corrected chi connectivity index (χ0v) is 18.7. The Morgan fingerprint density at radius 2 is 1.84 bits per heavy atom. The van der Waals surface area contributed by atoms with E-state index in [9.17, 15) is 9.59 Å². The first kappa shape index (κ1) is 20.9. The summed E-state index contributed by atoms with van der Waals surface area (Å²) in [7, 11) is 3.75. The summed E-state index contributed by atoms with van der Waals surface area (Å²) < 4.78 is 7.14. The maximum atomic E-state index is 12.9. The molecule has 1 amide bonds. The van der Waals surface area contributed by atoms with Gasteiger partial charge >= 0.3 is 5.97 Å². The molecule has 0 bridgehead atoms. The molecule has 1 aromatic heterocycles. The maximum Gasteiger partial charge on any atom is 0.338 e. The normalized spacial score (nSPS) is 16.6. The number of amidine groups is 1. The number of rotatable bonds is 4. The predicted molar refractivity (Wildman–Crippen MR) is 125 cm³/mol. The number of para-hydroxylation sites is 1. The van der Waals surface area contributed by atoms with E-state index in [4.69, 9.17) is 4.74 Å². The molecule has 2 aromatic carbocycles. The van der Waals surface area contributed by atoms with E-state index >= 15 is 0 Å². The van der Waals surface area contributed by atoms with Crippen molar-refractivity contribution in [2.24, 2.45) is 12.0 Å². The Morgan fingerprint density at radius 1 is 1.13 bits per heavy atom.